The number of anilines is 1. The van der Waals surface area contributed by atoms with E-state index in [9.17, 15) is 18.0 Å². The number of halogens is 3. The molecule has 0 bridgehead atoms. The van der Waals surface area contributed by atoms with Gasteiger partial charge in [-0.15, -0.1) is 13.2 Å². The molecule has 1 N–H and O–H groups in total. The van der Waals surface area contributed by atoms with Crippen molar-refractivity contribution in [3.63, 3.8) is 0 Å². The number of carbonyl (C=O) groups is 1. The summed E-state index contributed by atoms with van der Waals surface area (Å²) in [6.45, 7) is 0. The molecule has 0 spiro atoms. The van der Waals surface area contributed by atoms with Gasteiger partial charge in [0.05, 0.1) is 0 Å². The lowest BCUT2D eigenvalue weighted by atomic mass is 10.1. The van der Waals surface area contributed by atoms with Crippen molar-refractivity contribution in [2.45, 2.75) is 6.36 Å². The molecule has 0 aliphatic carbocycles. The number of hydrogen-bond donors (Lipinski definition) is 1. The molecule has 0 radical (unpaired) electrons. The van der Waals surface area contributed by atoms with Crippen molar-refractivity contribution in [2.75, 3.05) is 5.32 Å². The first kappa shape index (κ1) is 18.1. The Morgan fingerprint density at radius 2 is 1.86 bits per heavy atom. The van der Waals surface area contributed by atoms with Crippen molar-refractivity contribution in [1.29, 1.82) is 0 Å². The van der Waals surface area contributed by atoms with Gasteiger partial charge < -0.3 is 9.15 Å². The number of hydrogen-bond acceptors (Lipinski definition) is 5. The lowest BCUT2D eigenvalue weighted by molar-refractivity contribution is -0.274. The van der Waals surface area contributed by atoms with E-state index in [4.69, 9.17) is 4.42 Å². The van der Waals surface area contributed by atoms with Crippen molar-refractivity contribution in [3.8, 4) is 16.9 Å². The molecule has 0 saturated heterocycles. The van der Waals surface area contributed by atoms with Crippen LogP contribution in [-0.2, 0) is 0 Å². The van der Waals surface area contributed by atoms with E-state index in [0.29, 0.717) is 11.1 Å². The average molecular weight is 404 g/mol. The number of nitrogens with one attached hydrogen (secondary N) is 1. The molecule has 142 valence electrons. The Balaban J connectivity index is 1.50. The van der Waals surface area contributed by atoms with Crippen LogP contribution in [0.4, 0.5) is 19.2 Å². The average Bonchev–Trinajstić information content (AvgIpc) is 3.29. The van der Waals surface area contributed by atoms with Gasteiger partial charge in [-0.25, -0.2) is 0 Å². The van der Waals surface area contributed by atoms with Gasteiger partial charge in [0.15, 0.2) is 5.58 Å². The van der Waals surface area contributed by atoms with Gasteiger partial charge in [-0.2, -0.15) is 16.3 Å². The summed E-state index contributed by atoms with van der Waals surface area (Å²) in [6, 6.07) is 12.0. The predicted molar refractivity (Wildman–Crippen MR) is 98.4 cm³/mol. The molecule has 0 aliphatic rings. The fraction of sp³-hybridized carbons (Fsp3) is 0.0526. The number of aromatic nitrogens is 1. The highest BCUT2D eigenvalue weighted by Gasteiger charge is 2.31. The summed E-state index contributed by atoms with van der Waals surface area (Å²) in [5.74, 6) is -0.977. The van der Waals surface area contributed by atoms with Gasteiger partial charge in [0.1, 0.15) is 11.3 Å². The Morgan fingerprint density at radius 3 is 2.54 bits per heavy atom. The lowest BCUT2D eigenvalue weighted by Crippen LogP contribution is -2.17. The summed E-state index contributed by atoms with van der Waals surface area (Å²) in [6.07, 6.45) is -4.79. The van der Waals surface area contributed by atoms with Crippen molar-refractivity contribution in [1.82, 2.24) is 4.98 Å². The number of nitrogens with zero attached hydrogens (tertiary/aromatic N) is 1. The van der Waals surface area contributed by atoms with Crippen LogP contribution >= 0.6 is 11.3 Å². The minimum absolute atomic E-state index is 0.00177. The van der Waals surface area contributed by atoms with Crippen LogP contribution in [0, 0.1) is 0 Å². The van der Waals surface area contributed by atoms with Crippen LogP contribution in [-0.4, -0.2) is 17.3 Å². The molecule has 0 unspecified atom stereocenters. The van der Waals surface area contributed by atoms with Gasteiger partial charge in [0.25, 0.3) is 5.91 Å². The zero-order valence-electron chi connectivity index (χ0n) is 14.0. The number of thiophene rings is 1. The quantitative estimate of drug-likeness (QED) is 0.473. The third-order valence-electron chi connectivity index (χ3n) is 3.81. The molecule has 2 aromatic heterocycles. The van der Waals surface area contributed by atoms with E-state index in [1.807, 2.05) is 29.0 Å². The minimum atomic E-state index is -4.79. The van der Waals surface area contributed by atoms with Gasteiger partial charge in [-0.3, -0.25) is 10.1 Å². The number of carbonyl (C=O) groups excluding carboxylic acids is 1. The van der Waals surface area contributed by atoms with Crippen LogP contribution in [0.1, 0.15) is 10.4 Å². The number of oxazole rings is 1. The van der Waals surface area contributed by atoms with Gasteiger partial charge in [0, 0.05) is 5.56 Å². The second-order valence-corrected chi connectivity index (χ2v) is 6.52. The number of amides is 1. The Labute approximate surface area is 160 Å². The first-order valence-corrected chi connectivity index (χ1v) is 8.92. The summed E-state index contributed by atoms with van der Waals surface area (Å²) >= 11 is 1.58. The van der Waals surface area contributed by atoms with Gasteiger partial charge in [0.2, 0.25) is 0 Å². The van der Waals surface area contributed by atoms with Crippen LogP contribution in [0.25, 0.3) is 22.2 Å². The number of fused-ring (bicyclic) bond motifs is 1. The van der Waals surface area contributed by atoms with E-state index in [1.54, 1.807) is 17.4 Å². The number of ether oxygens (including phenoxy) is 1. The zero-order chi connectivity index (χ0) is 19.7. The topological polar surface area (TPSA) is 64.4 Å². The lowest BCUT2D eigenvalue weighted by Gasteiger charge is -2.08. The zero-order valence-corrected chi connectivity index (χ0v) is 14.8. The summed E-state index contributed by atoms with van der Waals surface area (Å²) in [7, 11) is 0. The Kier molecular flexibility index (Phi) is 4.52. The molecule has 0 fully saturated rings. The molecule has 28 heavy (non-hydrogen) atoms. The van der Waals surface area contributed by atoms with Crippen molar-refractivity contribution in [2.24, 2.45) is 0 Å². The first-order valence-electron chi connectivity index (χ1n) is 7.98. The van der Waals surface area contributed by atoms with E-state index in [-0.39, 0.29) is 11.6 Å². The maximum absolute atomic E-state index is 12.3. The van der Waals surface area contributed by atoms with E-state index >= 15 is 0 Å². The molecule has 9 heteroatoms. The second-order valence-electron chi connectivity index (χ2n) is 5.74. The fourth-order valence-electron chi connectivity index (χ4n) is 2.57. The molecule has 0 saturated carbocycles. The van der Waals surface area contributed by atoms with Gasteiger partial charge in [-0.05, 0) is 64.4 Å². The first-order chi connectivity index (χ1) is 13.4. The summed E-state index contributed by atoms with van der Waals surface area (Å²) in [5, 5.41) is 6.47. The maximum Gasteiger partial charge on any atom is 0.573 e. The smallest absolute Gasteiger partial charge is 0.423 e. The van der Waals surface area contributed by atoms with Crippen LogP contribution in [0.5, 0.6) is 5.75 Å². The molecule has 4 aromatic rings. The highest BCUT2D eigenvalue weighted by molar-refractivity contribution is 7.08. The van der Waals surface area contributed by atoms with E-state index in [1.165, 1.54) is 12.1 Å². The number of benzene rings is 2. The van der Waals surface area contributed by atoms with E-state index < -0.39 is 18.0 Å². The molecular weight excluding hydrogens is 393 g/mol. The maximum atomic E-state index is 12.3. The largest absolute Gasteiger partial charge is 0.573 e. The highest BCUT2D eigenvalue weighted by Crippen LogP contribution is 2.28. The van der Waals surface area contributed by atoms with E-state index in [2.05, 4.69) is 15.0 Å². The van der Waals surface area contributed by atoms with Crippen LogP contribution < -0.4 is 10.1 Å². The molecule has 0 aliphatic heterocycles. The normalized spacial score (nSPS) is 11.5. The van der Waals surface area contributed by atoms with Crippen molar-refractivity contribution >= 4 is 34.4 Å². The Morgan fingerprint density at radius 1 is 1.07 bits per heavy atom. The highest BCUT2D eigenvalue weighted by atomic mass is 32.1. The Hall–Kier alpha value is -3.33. The standard InChI is InChI=1S/C19H11F3N2O3S/c20-19(21,22)27-14-4-1-11(2-5-14)17(25)24-18-23-15-9-12(3-6-16(15)26-18)13-7-8-28-10-13/h1-10H,(H,23,24,25). The summed E-state index contributed by atoms with van der Waals surface area (Å²) in [4.78, 5) is 16.5. The molecule has 1 amide bonds. The van der Waals surface area contributed by atoms with Gasteiger partial charge >= 0.3 is 12.4 Å². The molecule has 4 rings (SSSR count). The second kappa shape index (κ2) is 7.01. The van der Waals surface area contributed by atoms with Crippen LogP contribution in [0.2, 0.25) is 0 Å². The van der Waals surface area contributed by atoms with Crippen molar-refractivity contribution < 1.29 is 27.1 Å². The van der Waals surface area contributed by atoms with Gasteiger partial charge in [-0.1, -0.05) is 6.07 Å². The van der Waals surface area contributed by atoms with Crippen LogP contribution in [0.3, 0.4) is 0 Å². The third kappa shape index (κ3) is 3.99. The molecule has 0 atom stereocenters. The van der Waals surface area contributed by atoms with Crippen LogP contribution in [0.15, 0.2) is 63.7 Å². The predicted octanol–water partition coefficient (Wildman–Crippen LogP) is 5.71. The summed E-state index contributed by atoms with van der Waals surface area (Å²) in [5.41, 5.74) is 3.24. The minimum Gasteiger partial charge on any atom is -0.423 e. The Bertz CT molecular complexity index is 1120. The monoisotopic (exact) mass is 404 g/mol. The van der Waals surface area contributed by atoms with Crippen molar-refractivity contribution in [3.05, 3.63) is 64.9 Å². The SMILES string of the molecule is O=C(Nc1nc2cc(-c3ccsc3)ccc2o1)c1ccc(OC(F)(F)F)cc1. The fourth-order valence-corrected chi connectivity index (χ4v) is 3.23. The number of alkyl halides is 3. The van der Waals surface area contributed by atoms with E-state index in [0.717, 1.165) is 23.3 Å². The summed E-state index contributed by atoms with van der Waals surface area (Å²) < 4.78 is 45.8. The molecule has 2 aromatic carbocycles. The third-order valence-corrected chi connectivity index (χ3v) is 4.50. The molecular formula is C19H11F3N2O3S. The number of rotatable bonds is 4. The molecule has 2 heterocycles. The molecule has 5 nitrogen and oxygen atoms in total.